The van der Waals surface area contributed by atoms with Gasteiger partial charge < -0.3 is 0 Å². The van der Waals surface area contributed by atoms with Crippen LogP contribution in [-0.2, 0) is 11.8 Å². The summed E-state index contributed by atoms with van der Waals surface area (Å²) in [5, 5.41) is 0. The van der Waals surface area contributed by atoms with Crippen molar-refractivity contribution in [3.8, 4) is 0 Å². The van der Waals surface area contributed by atoms with Crippen LogP contribution in [-0.4, -0.2) is 5.78 Å². The molecule has 1 aromatic rings. The van der Waals surface area contributed by atoms with E-state index in [1.54, 1.807) is 0 Å². The molecular weight excluding hydrogens is 256 g/mol. The molecule has 0 heterocycles. The Morgan fingerprint density at radius 3 is 2.81 bits per heavy atom. The largest absolute Gasteiger partial charge is 0.294 e. The predicted molar refractivity (Wildman–Crippen MR) is 85.6 cm³/mol. The van der Waals surface area contributed by atoms with Crippen LogP contribution in [0.3, 0.4) is 0 Å². The second-order valence-electron chi connectivity index (χ2n) is 7.75. The van der Waals surface area contributed by atoms with Crippen LogP contribution in [0.2, 0.25) is 0 Å². The molecule has 3 aliphatic carbocycles. The highest BCUT2D eigenvalue weighted by Gasteiger charge is 2.51. The summed E-state index contributed by atoms with van der Waals surface area (Å²) in [6, 6.07) is 6.77. The Morgan fingerprint density at radius 2 is 2.14 bits per heavy atom. The molecule has 3 unspecified atom stereocenters. The predicted octanol–water partition coefficient (Wildman–Crippen LogP) is 4.70. The third-order valence-electron chi connectivity index (χ3n) is 5.87. The van der Waals surface area contributed by atoms with E-state index in [2.05, 4.69) is 44.2 Å². The first-order chi connectivity index (χ1) is 10.1. The van der Waals surface area contributed by atoms with Crippen LogP contribution >= 0.6 is 0 Å². The van der Waals surface area contributed by atoms with Gasteiger partial charge >= 0.3 is 0 Å². The molecule has 4 rings (SSSR count). The van der Waals surface area contributed by atoms with Crippen molar-refractivity contribution in [3.05, 3.63) is 47.0 Å². The highest BCUT2D eigenvalue weighted by Crippen LogP contribution is 2.58. The summed E-state index contributed by atoms with van der Waals surface area (Å²) >= 11 is 0. The Labute approximate surface area is 127 Å². The SMILES string of the molecule is CC(C)Cc1ccc2c(c1)C(=O)CCC21CC2C=CC1C2. The average molecular weight is 280 g/mol. The maximum Gasteiger partial charge on any atom is 0.163 e. The number of carbonyl (C=O) groups is 1. The van der Waals surface area contributed by atoms with Crippen molar-refractivity contribution in [2.45, 2.75) is 51.4 Å². The van der Waals surface area contributed by atoms with Crippen molar-refractivity contribution < 1.29 is 4.79 Å². The lowest BCUT2D eigenvalue weighted by molar-refractivity contribution is 0.0943. The van der Waals surface area contributed by atoms with Crippen LogP contribution in [0.4, 0.5) is 0 Å². The van der Waals surface area contributed by atoms with Gasteiger partial charge in [-0.15, -0.1) is 0 Å². The van der Waals surface area contributed by atoms with Crippen molar-refractivity contribution in [1.29, 1.82) is 0 Å². The molecule has 1 heteroatoms. The Kier molecular flexibility index (Phi) is 2.89. The van der Waals surface area contributed by atoms with Gasteiger partial charge in [0.05, 0.1) is 0 Å². The minimum absolute atomic E-state index is 0.277. The van der Waals surface area contributed by atoms with E-state index in [0.717, 1.165) is 30.7 Å². The molecular formula is C20H24O. The van der Waals surface area contributed by atoms with Crippen molar-refractivity contribution in [3.63, 3.8) is 0 Å². The molecule has 1 saturated carbocycles. The number of carbonyl (C=O) groups excluding carboxylic acids is 1. The number of benzene rings is 1. The normalized spacial score (nSPS) is 33.2. The summed E-state index contributed by atoms with van der Waals surface area (Å²) in [7, 11) is 0. The lowest BCUT2D eigenvalue weighted by atomic mass is 9.62. The molecule has 0 aromatic heterocycles. The third-order valence-corrected chi connectivity index (χ3v) is 5.87. The van der Waals surface area contributed by atoms with E-state index in [1.165, 1.54) is 24.0 Å². The van der Waals surface area contributed by atoms with Crippen LogP contribution in [0.25, 0.3) is 0 Å². The first-order valence-corrected chi connectivity index (χ1v) is 8.43. The number of fused-ring (bicyclic) bond motifs is 5. The molecule has 1 spiro atoms. The summed E-state index contributed by atoms with van der Waals surface area (Å²) in [5.41, 5.74) is 4.01. The maximum atomic E-state index is 12.5. The zero-order valence-electron chi connectivity index (χ0n) is 13.1. The second-order valence-corrected chi connectivity index (χ2v) is 7.75. The van der Waals surface area contributed by atoms with Gasteiger partial charge in [-0.25, -0.2) is 0 Å². The number of hydrogen-bond acceptors (Lipinski definition) is 1. The zero-order chi connectivity index (χ0) is 14.6. The van der Waals surface area contributed by atoms with Crippen LogP contribution in [0.15, 0.2) is 30.4 Å². The molecule has 110 valence electrons. The number of allylic oxidation sites excluding steroid dienone is 2. The molecule has 0 amide bonds. The molecule has 0 N–H and O–H groups in total. The standard InChI is InChI=1S/C20H24O/c1-13(2)9-14-4-6-18-17(11-14)19(21)7-8-20(18)12-15-3-5-16(20)10-15/h3-6,11,13,15-16H,7-10,12H2,1-2H3. The van der Waals surface area contributed by atoms with Gasteiger partial charge in [-0.3, -0.25) is 4.79 Å². The van der Waals surface area contributed by atoms with E-state index >= 15 is 0 Å². The summed E-state index contributed by atoms with van der Waals surface area (Å²) in [5.74, 6) is 2.44. The van der Waals surface area contributed by atoms with E-state index in [-0.39, 0.29) is 5.41 Å². The molecule has 0 aliphatic heterocycles. The fourth-order valence-corrected chi connectivity index (χ4v) is 5.01. The third kappa shape index (κ3) is 1.93. The lowest BCUT2D eigenvalue weighted by Crippen LogP contribution is -2.37. The summed E-state index contributed by atoms with van der Waals surface area (Å²) in [4.78, 5) is 12.5. The van der Waals surface area contributed by atoms with E-state index in [4.69, 9.17) is 0 Å². The van der Waals surface area contributed by atoms with Gasteiger partial charge in [0, 0.05) is 17.4 Å². The van der Waals surface area contributed by atoms with Gasteiger partial charge in [-0.05, 0) is 60.6 Å². The summed E-state index contributed by atoms with van der Waals surface area (Å²) in [6.45, 7) is 4.48. The second kappa shape index (κ2) is 4.56. The quantitative estimate of drug-likeness (QED) is 0.718. The molecule has 3 atom stereocenters. The van der Waals surface area contributed by atoms with Crippen molar-refractivity contribution >= 4 is 5.78 Å². The van der Waals surface area contributed by atoms with Gasteiger partial charge in [-0.2, -0.15) is 0 Å². The smallest absolute Gasteiger partial charge is 0.163 e. The van der Waals surface area contributed by atoms with Crippen molar-refractivity contribution in [2.24, 2.45) is 17.8 Å². The molecule has 0 saturated heterocycles. The molecule has 1 nitrogen and oxygen atoms in total. The van der Waals surface area contributed by atoms with Crippen LogP contribution in [0, 0.1) is 17.8 Å². The molecule has 21 heavy (non-hydrogen) atoms. The number of Topliss-reactive ketones (excluding diaryl/α,β-unsaturated/α-hetero) is 1. The van der Waals surface area contributed by atoms with Gasteiger partial charge in [0.2, 0.25) is 0 Å². The monoisotopic (exact) mass is 280 g/mol. The van der Waals surface area contributed by atoms with Gasteiger partial charge in [0.25, 0.3) is 0 Å². The van der Waals surface area contributed by atoms with Gasteiger partial charge in [0.15, 0.2) is 5.78 Å². The van der Waals surface area contributed by atoms with Crippen molar-refractivity contribution in [2.75, 3.05) is 0 Å². The first-order valence-electron chi connectivity index (χ1n) is 8.43. The lowest BCUT2D eigenvalue weighted by Gasteiger charge is -2.40. The van der Waals surface area contributed by atoms with E-state index in [1.807, 2.05) is 0 Å². The van der Waals surface area contributed by atoms with E-state index in [9.17, 15) is 4.79 Å². The zero-order valence-corrected chi connectivity index (χ0v) is 13.1. The van der Waals surface area contributed by atoms with Crippen LogP contribution < -0.4 is 0 Å². The van der Waals surface area contributed by atoms with Crippen LogP contribution in [0.1, 0.15) is 61.0 Å². The molecule has 3 aliphatic rings. The molecule has 1 fully saturated rings. The number of ketones is 1. The molecule has 0 radical (unpaired) electrons. The highest BCUT2D eigenvalue weighted by atomic mass is 16.1. The first kappa shape index (κ1) is 13.3. The van der Waals surface area contributed by atoms with Gasteiger partial charge in [0.1, 0.15) is 0 Å². The Bertz CT molecular complexity index is 625. The van der Waals surface area contributed by atoms with E-state index in [0.29, 0.717) is 17.6 Å². The number of rotatable bonds is 2. The van der Waals surface area contributed by atoms with Crippen LogP contribution in [0.5, 0.6) is 0 Å². The fraction of sp³-hybridized carbons (Fsp3) is 0.550. The minimum atomic E-state index is 0.277. The Morgan fingerprint density at radius 1 is 1.29 bits per heavy atom. The number of hydrogen-bond donors (Lipinski definition) is 0. The Balaban J connectivity index is 1.79. The average Bonchev–Trinajstić information content (AvgIpc) is 3.04. The topological polar surface area (TPSA) is 17.1 Å². The molecule has 2 bridgehead atoms. The minimum Gasteiger partial charge on any atom is -0.294 e. The Hall–Kier alpha value is -1.37. The summed E-state index contributed by atoms with van der Waals surface area (Å²) < 4.78 is 0. The van der Waals surface area contributed by atoms with Crippen molar-refractivity contribution in [1.82, 2.24) is 0 Å². The molecule has 1 aromatic carbocycles. The fourth-order valence-electron chi connectivity index (χ4n) is 5.01. The van der Waals surface area contributed by atoms with Gasteiger partial charge in [-0.1, -0.05) is 38.1 Å². The van der Waals surface area contributed by atoms with E-state index < -0.39 is 0 Å². The summed E-state index contributed by atoms with van der Waals surface area (Å²) in [6.07, 6.45) is 10.3. The maximum absolute atomic E-state index is 12.5. The highest BCUT2D eigenvalue weighted by molar-refractivity contribution is 5.99.